The highest BCUT2D eigenvalue weighted by Crippen LogP contribution is 2.37. The molecule has 0 saturated carbocycles. The van der Waals surface area contributed by atoms with Crippen molar-refractivity contribution in [3.63, 3.8) is 0 Å². The van der Waals surface area contributed by atoms with Crippen molar-refractivity contribution in [2.75, 3.05) is 31.1 Å². The highest BCUT2D eigenvalue weighted by Gasteiger charge is 2.35. The minimum atomic E-state index is -4.64. The number of hydrogen-bond donors (Lipinski definition) is 1. The zero-order valence-corrected chi connectivity index (χ0v) is 18.4. The molecule has 0 radical (unpaired) electrons. The van der Waals surface area contributed by atoms with Gasteiger partial charge in [-0.05, 0) is 52.7 Å². The number of piperidine rings is 1. The molecule has 1 amide bonds. The van der Waals surface area contributed by atoms with Crippen molar-refractivity contribution in [2.24, 2.45) is 5.92 Å². The minimum Gasteiger partial charge on any atom is -0.366 e. The standard InChI is InChI=1S/C21H31F3N4O3/c1-14(2)27(15(3)4)12-9-25-20(29)16-7-10-26(11-8-16)18-6-5-17(21(22,23)24)13-19(18)28(30)31/h5-6,13-16H,7-12H2,1-4H3,(H,25,29). The van der Waals surface area contributed by atoms with Gasteiger partial charge in [0.25, 0.3) is 5.69 Å². The molecule has 174 valence electrons. The number of benzene rings is 1. The Bertz CT molecular complexity index is 768. The molecule has 0 aromatic heterocycles. The Balaban J connectivity index is 1.95. The highest BCUT2D eigenvalue weighted by molar-refractivity contribution is 5.79. The van der Waals surface area contributed by atoms with Crippen LogP contribution in [0, 0.1) is 16.0 Å². The normalized spacial score (nSPS) is 15.7. The fraction of sp³-hybridized carbons (Fsp3) is 0.667. The second kappa shape index (κ2) is 10.3. The largest absolute Gasteiger partial charge is 0.416 e. The maximum atomic E-state index is 12.9. The Morgan fingerprint density at radius 1 is 1.23 bits per heavy atom. The molecule has 2 rings (SSSR count). The lowest BCUT2D eigenvalue weighted by atomic mass is 9.95. The van der Waals surface area contributed by atoms with Crippen LogP contribution in [0.4, 0.5) is 24.5 Å². The first-order valence-corrected chi connectivity index (χ1v) is 10.6. The third-order valence-electron chi connectivity index (χ3n) is 5.70. The van der Waals surface area contributed by atoms with Crippen LogP contribution in [-0.4, -0.2) is 54.0 Å². The van der Waals surface area contributed by atoms with Gasteiger partial charge >= 0.3 is 6.18 Å². The second-order valence-corrected chi connectivity index (χ2v) is 8.44. The van der Waals surface area contributed by atoms with E-state index in [1.54, 1.807) is 4.90 Å². The summed E-state index contributed by atoms with van der Waals surface area (Å²) in [5.74, 6) is -0.259. The molecule has 0 aliphatic carbocycles. The molecule has 0 atom stereocenters. The van der Waals surface area contributed by atoms with E-state index < -0.39 is 22.4 Å². The van der Waals surface area contributed by atoms with Gasteiger partial charge < -0.3 is 10.2 Å². The summed E-state index contributed by atoms with van der Waals surface area (Å²) in [7, 11) is 0. The summed E-state index contributed by atoms with van der Waals surface area (Å²) in [6.07, 6.45) is -3.67. The van der Waals surface area contributed by atoms with Crippen molar-refractivity contribution in [3.05, 3.63) is 33.9 Å². The van der Waals surface area contributed by atoms with E-state index in [1.165, 1.54) is 0 Å². The maximum Gasteiger partial charge on any atom is 0.416 e. The van der Waals surface area contributed by atoms with Crippen LogP contribution in [0.3, 0.4) is 0 Å². The molecule has 1 saturated heterocycles. The molecular weight excluding hydrogens is 413 g/mol. The van der Waals surface area contributed by atoms with Crippen molar-refractivity contribution >= 4 is 17.3 Å². The Morgan fingerprint density at radius 2 is 1.81 bits per heavy atom. The summed E-state index contributed by atoms with van der Waals surface area (Å²) in [4.78, 5) is 27.0. The van der Waals surface area contributed by atoms with Crippen molar-refractivity contribution in [3.8, 4) is 0 Å². The number of alkyl halides is 3. The fourth-order valence-electron chi connectivity index (χ4n) is 4.06. The monoisotopic (exact) mass is 444 g/mol. The van der Waals surface area contributed by atoms with Crippen molar-refractivity contribution < 1.29 is 22.9 Å². The summed E-state index contributed by atoms with van der Waals surface area (Å²) in [5.41, 5.74) is -1.46. The first-order valence-electron chi connectivity index (χ1n) is 10.6. The third kappa shape index (κ3) is 6.56. The third-order valence-corrected chi connectivity index (χ3v) is 5.70. The molecule has 1 N–H and O–H groups in total. The number of nitro benzene ring substituents is 1. The number of anilines is 1. The van der Waals surface area contributed by atoms with Crippen LogP contribution in [-0.2, 0) is 11.0 Å². The number of amides is 1. The number of rotatable bonds is 8. The number of nitrogens with zero attached hydrogens (tertiary/aromatic N) is 3. The quantitative estimate of drug-likeness (QED) is 0.483. The predicted octanol–water partition coefficient (Wildman–Crippen LogP) is 4.07. The number of hydrogen-bond acceptors (Lipinski definition) is 5. The first kappa shape index (κ1) is 24.9. The Kier molecular flexibility index (Phi) is 8.27. The Hall–Kier alpha value is -2.36. The van der Waals surface area contributed by atoms with Gasteiger partial charge in [-0.3, -0.25) is 19.8 Å². The molecule has 31 heavy (non-hydrogen) atoms. The molecule has 0 bridgehead atoms. The highest BCUT2D eigenvalue weighted by atomic mass is 19.4. The average molecular weight is 444 g/mol. The van der Waals surface area contributed by atoms with E-state index in [-0.39, 0.29) is 17.5 Å². The maximum absolute atomic E-state index is 12.9. The molecule has 1 aliphatic heterocycles. The van der Waals surface area contributed by atoms with Gasteiger partial charge in [0.2, 0.25) is 5.91 Å². The molecular formula is C21H31F3N4O3. The minimum absolute atomic E-state index is 0.0472. The van der Waals surface area contributed by atoms with E-state index in [0.29, 0.717) is 50.6 Å². The summed E-state index contributed by atoms with van der Waals surface area (Å²) < 4.78 is 38.7. The van der Waals surface area contributed by atoms with E-state index in [0.717, 1.165) is 18.7 Å². The SMILES string of the molecule is CC(C)N(CCNC(=O)C1CCN(c2ccc(C(F)(F)F)cc2[N+](=O)[O-])CC1)C(C)C. The number of carbonyl (C=O) groups excluding carboxylic acids is 1. The fourth-order valence-corrected chi connectivity index (χ4v) is 4.06. The zero-order chi connectivity index (χ0) is 23.3. The molecule has 0 spiro atoms. The van der Waals surface area contributed by atoms with Gasteiger partial charge in [0.05, 0.1) is 10.5 Å². The topological polar surface area (TPSA) is 78.7 Å². The van der Waals surface area contributed by atoms with E-state index >= 15 is 0 Å². The second-order valence-electron chi connectivity index (χ2n) is 8.44. The first-order chi connectivity index (χ1) is 14.4. The van der Waals surface area contributed by atoms with E-state index in [2.05, 4.69) is 37.9 Å². The van der Waals surface area contributed by atoms with Gasteiger partial charge in [-0.2, -0.15) is 13.2 Å². The smallest absolute Gasteiger partial charge is 0.366 e. The molecule has 1 aromatic rings. The van der Waals surface area contributed by atoms with E-state index in [4.69, 9.17) is 0 Å². The van der Waals surface area contributed by atoms with Gasteiger partial charge in [-0.15, -0.1) is 0 Å². The van der Waals surface area contributed by atoms with E-state index in [9.17, 15) is 28.1 Å². The molecule has 1 aliphatic rings. The van der Waals surface area contributed by atoms with Crippen LogP contribution in [0.15, 0.2) is 18.2 Å². The van der Waals surface area contributed by atoms with Gasteiger partial charge in [0, 0.05) is 50.2 Å². The molecule has 0 unspecified atom stereocenters. The lowest BCUT2D eigenvalue weighted by Gasteiger charge is -2.33. The number of halogens is 3. The summed E-state index contributed by atoms with van der Waals surface area (Å²) in [5, 5.41) is 14.3. The Morgan fingerprint density at radius 3 is 2.29 bits per heavy atom. The number of carbonyl (C=O) groups is 1. The molecule has 1 heterocycles. The molecule has 1 aromatic carbocycles. The van der Waals surface area contributed by atoms with E-state index in [1.807, 2.05) is 0 Å². The summed E-state index contributed by atoms with van der Waals surface area (Å²) in [6, 6.07) is 3.33. The Labute approximate surface area is 180 Å². The van der Waals surface area contributed by atoms with Crippen LogP contribution in [0.25, 0.3) is 0 Å². The lowest BCUT2D eigenvalue weighted by molar-refractivity contribution is -0.384. The van der Waals surface area contributed by atoms with Gasteiger partial charge in [0.1, 0.15) is 5.69 Å². The van der Waals surface area contributed by atoms with Gasteiger partial charge in [-0.25, -0.2) is 0 Å². The van der Waals surface area contributed by atoms with Crippen LogP contribution in [0.2, 0.25) is 0 Å². The van der Waals surface area contributed by atoms with Crippen LogP contribution < -0.4 is 10.2 Å². The van der Waals surface area contributed by atoms with Crippen molar-refractivity contribution in [2.45, 2.75) is 58.8 Å². The zero-order valence-electron chi connectivity index (χ0n) is 18.4. The predicted molar refractivity (Wildman–Crippen MR) is 113 cm³/mol. The van der Waals surface area contributed by atoms with Gasteiger partial charge in [-0.1, -0.05) is 0 Å². The summed E-state index contributed by atoms with van der Waals surface area (Å²) in [6.45, 7) is 10.5. The number of nitro groups is 1. The molecule has 7 nitrogen and oxygen atoms in total. The van der Waals surface area contributed by atoms with Crippen molar-refractivity contribution in [1.29, 1.82) is 0 Å². The summed E-state index contributed by atoms with van der Waals surface area (Å²) >= 11 is 0. The lowest BCUT2D eigenvalue weighted by Crippen LogP contribution is -2.45. The van der Waals surface area contributed by atoms with Crippen LogP contribution in [0.1, 0.15) is 46.1 Å². The van der Waals surface area contributed by atoms with Crippen LogP contribution in [0.5, 0.6) is 0 Å². The molecule has 10 heteroatoms. The van der Waals surface area contributed by atoms with Gasteiger partial charge in [0.15, 0.2) is 0 Å². The number of nitrogens with one attached hydrogen (secondary N) is 1. The van der Waals surface area contributed by atoms with Crippen LogP contribution >= 0.6 is 0 Å². The average Bonchev–Trinajstić information content (AvgIpc) is 2.69. The molecule has 1 fully saturated rings. The van der Waals surface area contributed by atoms with Crippen molar-refractivity contribution in [1.82, 2.24) is 10.2 Å².